The summed E-state index contributed by atoms with van der Waals surface area (Å²) in [7, 11) is -3.14. The second kappa shape index (κ2) is 7.40. The summed E-state index contributed by atoms with van der Waals surface area (Å²) in [5.41, 5.74) is 0.588. The monoisotopic (exact) mass is 339 g/mol. The molecule has 7 heteroatoms. The van der Waals surface area contributed by atoms with Crippen LogP contribution in [0.1, 0.15) is 44.0 Å². The Morgan fingerprint density at radius 3 is 2.48 bits per heavy atom. The molecule has 2 heterocycles. The number of Topliss-reactive ketones (excluding diaryl/α,β-unsaturated/α-hetero) is 1. The minimum absolute atomic E-state index is 0.00674. The number of carbonyl (C=O) groups excluding carboxylic acids is 1. The van der Waals surface area contributed by atoms with Crippen LogP contribution in [0.3, 0.4) is 0 Å². The van der Waals surface area contributed by atoms with Crippen LogP contribution in [-0.4, -0.2) is 48.4 Å². The zero-order valence-electron chi connectivity index (χ0n) is 13.9. The van der Waals surface area contributed by atoms with E-state index >= 15 is 0 Å². The summed E-state index contributed by atoms with van der Waals surface area (Å²) in [6.07, 6.45) is 3.08. The number of aromatic nitrogens is 1. The Kier molecular flexibility index (Phi) is 5.75. The van der Waals surface area contributed by atoms with E-state index in [1.165, 1.54) is 6.92 Å². The number of nitrogens with zero attached hydrogens (tertiary/aromatic N) is 2. The van der Waals surface area contributed by atoms with Crippen molar-refractivity contribution in [2.24, 2.45) is 5.92 Å². The normalized spacial score (nSPS) is 17.4. The van der Waals surface area contributed by atoms with Crippen LogP contribution >= 0.6 is 0 Å². The van der Waals surface area contributed by atoms with Crippen molar-refractivity contribution in [1.29, 1.82) is 0 Å². The standard InChI is InChI=1S/C16H25N3O3S/c1-12(2)11-23(21,22)19-8-6-15(7-9-19)18-16-5-4-14(10-17-16)13(3)20/h4-5,10,12,15H,6-9,11H2,1-3H3,(H,17,18). The maximum absolute atomic E-state index is 12.2. The van der Waals surface area contributed by atoms with Crippen molar-refractivity contribution in [3.8, 4) is 0 Å². The van der Waals surface area contributed by atoms with Gasteiger partial charge >= 0.3 is 0 Å². The van der Waals surface area contributed by atoms with Gasteiger partial charge in [-0.1, -0.05) is 13.8 Å². The number of rotatable bonds is 6. The van der Waals surface area contributed by atoms with Gasteiger partial charge in [-0.05, 0) is 37.8 Å². The summed E-state index contributed by atoms with van der Waals surface area (Å²) in [6, 6.07) is 3.74. The van der Waals surface area contributed by atoms with Crippen molar-refractivity contribution in [1.82, 2.24) is 9.29 Å². The van der Waals surface area contributed by atoms with Crippen molar-refractivity contribution >= 4 is 21.6 Å². The SMILES string of the molecule is CC(=O)c1ccc(NC2CCN(S(=O)(=O)CC(C)C)CC2)nc1. The van der Waals surface area contributed by atoms with Crippen molar-refractivity contribution in [2.75, 3.05) is 24.2 Å². The Bertz CT molecular complexity index is 633. The molecule has 128 valence electrons. The highest BCUT2D eigenvalue weighted by atomic mass is 32.2. The largest absolute Gasteiger partial charge is 0.367 e. The molecule has 6 nitrogen and oxygen atoms in total. The molecule has 0 unspecified atom stereocenters. The molecule has 0 bridgehead atoms. The van der Waals surface area contributed by atoms with Crippen molar-refractivity contribution in [2.45, 2.75) is 39.7 Å². The predicted octanol–water partition coefficient (Wildman–Crippen LogP) is 2.15. The maximum atomic E-state index is 12.2. The van der Waals surface area contributed by atoms with E-state index in [2.05, 4.69) is 10.3 Å². The summed E-state index contributed by atoms with van der Waals surface area (Å²) in [6.45, 7) is 6.43. The van der Waals surface area contributed by atoms with Crippen LogP contribution in [-0.2, 0) is 10.0 Å². The Labute approximate surface area is 138 Å². The maximum Gasteiger partial charge on any atom is 0.214 e. The van der Waals surface area contributed by atoms with E-state index < -0.39 is 10.0 Å². The highest BCUT2D eigenvalue weighted by Gasteiger charge is 2.28. The Hall–Kier alpha value is -1.47. The first kappa shape index (κ1) is 17.9. The van der Waals surface area contributed by atoms with Gasteiger partial charge in [-0.3, -0.25) is 4.79 Å². The van der Waals surface area contributed by atoms with Gasteiger partial charge in [0.1, 0.15) is 5.82 Å². The third-order valence-electron chi connectivity index (χ3n) is 3.91. The first-order valence-electron chi connectivity index (χ1n) is 7.99. The van der Waals surface area contributed by atoms with Gasteiger partial charge in [-0.2, -0.15) is 0 Å². The number of hydrogen-bond acceptors (Lipinski definition) is 5. The lowest BCUT2D eigenvalue weighted by molar-refractivity contribution is 0.101. The van der Waals surface area contributed by atoms with Gasteiger partial charge in [0.2, 0.25) is 10.0 Å². The molecule has 1 aliphatic rings. The van der Waals surface area contributed by atoms with Crippen LogP contribution in [0, 0.1) is 5.92 Å². The fourth-order valence-corrected chi connectivity index (χ4v) is 4.52. The molecule has 0 radical (unpaired) electrons. The fraction of sp³-hybridized carbons (Fsp3) is 0.625. The molecule has 0 spiro atoms. The Balaban J connectivity index is 1.88. The number of pyridine rings is 1. The highest BCUT2D eigenvalue weighted by Crippen LogP contribution is 2.19. The van der Waals surface area contributed by atoms with Crippen molar-refractivity contribution in [3.63, 3.8) is 0 Å². The van der Waals surface area contributed by atoms with Crippen LogP contribution in [0.25, 0.3) is 0 Å². The molecule has 1 aromatic rings. The Morgan fingerprint density at radius 1 is 1.35 bits per heavy atom. The third kappa shape index (κ3) is 5.00. The quantitative estimate of drug-likeness (QED) is 0.803. The molecule has 1 fully saturated rings. The van der Waals surface area contributed by atoms with Gasteiger partial charge in [0, 0.05) is 30.9 Å². The summed E-state index contributed by atoms with van der Waals surface area (Å²) < 4.78 is 26.0. The lowest BCUT2D eigenvalue weighted by atomic mass is 10.1. The first-order chi connectivity index (χ1) is 10.8. The minimum Gasteiger partial charge on any atom is -0.367 e. The summed E-state index contributed by atoms with van der Waals surface area (Å²) in [5.74, 6) is 1.06. The molecule has 0 aliphatic carbocycles. The predicted molar refractivity (Wildman–Crippen MR) is 91.1 cm³/mol. The molecule has 0 amide bonds. The highest BCUT2D eigenvalue weighted by molar-refractivity contribution is 7.89. The smallest absolute Gasteiger partial charge is 0.214 e. The molecular weight excluding hydrogens is 314 g/mol. The van der Waals surface area contributed by atoms with Crippen molar-refractivity contribution < 1.29 is 13.2 Å². The lowest BCUT2D eigenvalue weighted by Crippen LogP contribution is -2.43. The van der Waals surface area contributed by atoms with Crippen LogP contribution in [0.2, 0.25) is 0 Å². The molecular formula is C16H25N3O3S. The molecule has 1 aromatic heterocycles. The van der Waals surface area contributed by atoms with Crippen LogP contribution in [0.5, 0.6) is 0 Å². The van der Waals surface area contributed by atoms with E-state index in [4.69, 9.17) is 0 Å². The molecule has 0 saturated carbocycles. The Morgan fingerprint density at radius 2 is 2.00 bits per heavy atom. The van der Waals surface area contributed by atoms with Gasteiger partial charge in [0.05, 0.1) is 5.75 Å². The van der Waals surface area contributed by atoms with Gasteiger partial charge in [-0.15, -0.1) is 0 Å². The lowest BCUT2D eigenvalue weighted by Gasteiger charge is -2.32. The van der Waals surface area contributed by atoms with E-state index in [0.717, 1.165) is 18.7 Å². The van der Waals surface area contributed by atoms with Gasteiger partial charge in [0.25, 0.3) is 0 Å². The number of ketones is 1. The number of sulfonamides is 1. The average molecular weight is 339 g/mol. The van der Waals surface area contributed by atoms with Crippen LogP contribution in [0.4, 0.5) is 5.82 Å². The number of nitrogens with one attached hydrogen (secondary N) is 1. The molecule has 1 aliphatic heterocycles. The molecule has 1 N–H and O–H groups in total. The molecule has 0 atom stereocenters. The van der Waals surface area contributed by atoms with Gasteiger partial charge in [0.15, 0.2) is 5.78 Å². The second-order valence-corrected chi connectivity index (χ2v) is 8.49. The van der Waals surface area contributed by atoms with E-state index in [-0.39, 0.29) is 23.5 Å². The van der Waals surface area contributed by atoms with E-state index in [0.29, 0.717) is 18.7 Å². The van der Waals surface area contributed by atoms with Crippen LogP contribution < -0.4 is 5.32 Å². The molecule has 0 aromatic carbocycles. The summed E-state index contributed by atoms with van der Waals surface area (Å²) in [5, 5.41) is 3.32. The number of hydrogen-bond donors (Lipinski definition) is 1. The number of carbonyl (C=O) groups is 1. The van der Waals surface area contributed by atoms with Crippen LogP contribution in [0.15, 0.2) is 18.3 Å². The molecule has 2 rings (SSSR count). The molecule has 23 heavy (non-hydrogen) atoms. The second-order valence-electron chi connectivity index (χ2n) is 6.48. The fourth-order valence-electron chi connectivity index (χ4n) is 2.70. The minimum atomic E-state index is -3.14. The first-order valence-corrected chi connectivity index (χ1v) is 9.60. The summed E-state index contributed by atoms with van der Waals surface area (Å²) >= 11 is 0. The van der Waals surface area contributed by atoms with Gasteiger partial charge < -0.3 is 5.32 Å². The zero-order chi connectivity index (χ0) is 17.0. The topological polar surface area (TPSA) is 79.4 Å². The zero-order valence-corrected chi connectivity index (χ0v) is 14.8. The van der Waals surface area contributed by atoms with E-state index in [9.17, 15) is 13.2 Å². The number of piperidine rings is 1. The average Bonchev–Trinajstić information content (AvgIpc) is 2.47. The molecule has 1 saturated heterocycles. The van der Waals surface area contributed by atoms with E-state index in [1.807, 2.05) is 13.8 Å². The van der Waals surface area contributed by atoms with Gasteiger partial charge in [-0.25, -0.2) is 17.7 Å². The van der Waals surface area contributed by atoms with Crippen molar-refractivity contribution in [3.05, 3.63) is 23.9 Å². The third-order valence-corrected chi connectivity index (χ3v) is 6.15. The van der Waals surface area contributed by atoms with E-state index in [1.54, 1.807) is 22.6 Å². The summed E-state index contributed by atoms with van der Waals surface area (Å²) in [4.78, 5) is 15.5. The number of anilines is 1.